The van der Waals surface area contributed by atoms with E-state index >= 15 is 0 Å². The van der Waals surface area contributed by atoms with Crippen LogP contribution in [0.2, 0.25) is 18.1 Å². The normalized spacial score (nSPS) is 12.8. The molecule has 0 bridgehead atoms. The molecule has 0 N–H and O–H groups in total. The molecular formula is C19H42O4Si. The van der Waals surface area contributed by atoms with E-state index in [2.05, 4.69) is 40.8 Å². The lowest BCUT2D eigenvalue weighted by atomic mass is 10.2. The monoisotopic (exact) mass is 362 g/mol. The Balaban J connectivity index is 3.24. The first kappa shape index (κ1) is 24.1. The molecule has 0 saturated heterocycles. The van der Waals surface area contributed by atoms with Gasteiger partial charge >= 0.3 is 0 Å². The molecule has 0 amide bonds. The van der Waals surface area contributed by atoms with Crippen molar-refractivity contribution in [3.8, 4) is 0 Å². The number of hydrogen-bond acceptors (Lipinski definition) is 4. The molecule has 0 aliphatic carbocycles. The van der Waals surface area contributed by atoms with Crippen molar-refractivity contribution in [3.63, 3.8) is 0 Å². The second-order valence-electron chi connectivity index (χ2n) is 7.86. The Labute approximate surface area is 151 Å². The summed E-state index contributed by atoms with van der Waals surface area (Å²) in [5.41, 5.74) is 0. The van der Waals surface area contributed by atoms with Gasteiger partial charge in [0.15, 0.2) is 8.32 Å². The van der Waals surface area contributed by atoms with Crippen molar-refractivity contribution in [1.82, 2.24) is 0 Å². The van der Waals surface area contributed by atoms with Crippen LogP contribution in [0.25, 0.3) is 0 Å². The first-order chi connectivity index (χ1) is 11.3. The maximum absolute atomic E-state index is 6.05. The number of ether oxygens (including phenoxy) is 3. The molecule has 0 radical (unpaired) electrons. The van der Waals surface area contributed by atoms with Crippen molar-refractivity contribution < 1.29 is 18.6 Å². The van der Waals surface area contributed by atoms with Crippen molar-refractivity contribution in [1.29, 1.82) is 0 Å². The molecule has 146 valence electrons. The minimum Gasteiger partial charge on any atom is -0.414 e. The molecule has 0 fully saturated rings. The minimum absolute atomic E-state index is 0.256. The van der Waals surface area contributed by atoms with Crippen molar-refractivity contribution >= 4 is 8.32 Å². The van der Waals surface area contributed by atoms with E-state index in [1.807, 2.05) is 0 Å². The van der Waals surface area contributed by atoms with Gasteiger partial charge in [-0.1, -0.05) is 53.4 Å². The molecule has 0 saturated carbocycles. The van der Waals surface area contributed by atoms with E-state index in [-0.39, 0.29) is 5.04 Å². The second-order valence-corrected chi connectivity index (χ2v) is 12.7. The molecule has 0 aromatic heterocycles. The van der Waals surface area contributed by atoms with Crippen LogP contribution in [0.15, 0.2) is 0 Å². The molecule has 0 atom stereocenters. The molecule has 4 nitrogen and oxygen atoms in total. The molecule has 0 spiro atoms. The van der Waals surface area contributed by atoms with Gasteiger partial charge < -0.3 is 18.6 Å². The van der Waals surface area contributed by atoms with Gasteiger partial charge in [-0.15, -0.1) is 0 Å². The zero-order chi connectivity index (χ0) is 18.3. The summed E-state index contributed by atoms with van der Waals surface area (Å²) in [7, 11) is -1.64. The Kier molecular flexibility index (Phi) is 14.3. The van der Waals surface area contributed by atoms with E-state index in [4.69, 9.17) is 18.6 Å². The van der Waals surface area contributed by atoms with E-state index in [1.165, 1.54) is 25.7 Å². The van der Waals surface area contributed by atoms with E-state index in [0.29, 0.717) is 39.6 Å². The highest BCUT2D eigenvalue weighted by Gasteiger charge is 2.36. The van der Waals surface area contributed by atoms with Crippen molar-refractivity contribution in [2.75, 3.05) is 46.2 Å². The van der Waals surface area contributed by atoms with Crippen LogP contribution in [0.3, 0.4) is 0 Å². The lowest BCUT2D eigenvalue weighted by Crippen LogP contribution is -2.41. The summed E-state index contributed by atoms with van der Waals surface area (Å²) in [5.74, 6) is 0. The van der Waals surface area contributed by atoms with E-state index < -0.39 is 8.32 Å². The molecule has 5 heteroatoms. The van der Waals surface area contributed by atoms with Crippen LogP contribution < -0.4 is 0 Å². The zero-order valence-electron chi connectivity index (χ0n) is 17.1. The van der Waals surface area contributed by atoms with E-state index in [0.717, 1.165) is 13.0 Å². The van der Waals surface area contributed by atoms with E-state index in [1.54, 1.807) is 0 Å². The summed E-state index contributed by atoms with van der Waals surface area (Å²) in [5, 5.41) is 0.256. The minimum atomic E-state index is -1.64. The fraction of sp³-hybridized carbons (Fsp3) is 1.00. The predicted molar refractivity (Wildman–Crippen MR) is 104 cm³/mol. The molecule has 0 aromatic rings. The third-order valence-electron chi connectivity index (χ3n) is 4.63. The maximum Gasteiger partial charge on any atom is 0.192 e. The van der Waals surface area contributed by atoms with E-state index in [9.17, 15) is 0 Å². The maximum atomic E-state index is 6.05. The lowest BCUT2D eigenvalue weighted by Gasteiger charge is -2.36. The van der Waals surface area contributed by atoms with Crippen LogP contribution in [-0.2, 0) is 18.6 Å². The van der Waals surface area contributed by atoms with Gasteiger partial charge in [-0.2, -0.15) is 0 Å². The summed E-state index contributed by atoms with van der Waals surface area (Å²) >= 11 is 0. The smallest absolute Gasteiger partial charge is 0.192 e. The highest BCUT2D eigenvalue weighted by molar-refractivity contribution is 6.74. The van der Waals surface area contributed by atoms with Gasteiger partial charge in [0.1, 0.15) is 0 Å². The van der Waals surface area contributed by atoms with Crippen LogP contribution >= 0.6 is 0 Å². The Bertz CT molecular complexity index is 277. The van der Waals surface area contributed by atoms with Gasteiger partial charge in [-0.05, 0) is 24.6 Å². The average molecular weight is 363 g/mol. The first-order valence-electron chi connectivity index (χ1n) is 9.68. The van der Waals surface area contributed by atoms with Crippen LogP contribution in [-0.4, -0.2) is 54.6 Å². The zero-order valence-corrected chi connectivity index (χ0v) is 18.1. The summed E-state index contributed by atoms with van der Waals surface area (Å²) in [6.45, 7) is 18.3. The number of unbranched alkanes of at least 4 members (excludes halogenated alkanes) is 4. The van der Waals surface area contributed by atoms with Gasteiger partial charge in [0.25, 0.3) is 0 Å². The Morgan fingerprint density at radius 3 is 1.58 bits per heavy atom. The molecule has 0 rings (SSSR count). The lowest BCUT2D eigenvalue weighted by molar-refractivity contribution is 0.00800. The molecule has 0 aromatic carbocycles. The topological polar surface area (TPSA) is 36.9 Å². The third kappa shape index (κ3) is 13.4. The summed E-state index contributed by atoms with van der Waals surface area (Å²) < 4.78 is 22.7. The molecule has 0 heterocycles. The largest absolute Gasteiger partial charge is 0.414 e. The molecule has 0 aliphatic heterocycles. The summed E-state index contributed by atoms with van der Waals surface area (Å²) in [6, 6.07) is 0. The van der Waals surface area contributed by atoms with Gasteiger partial charge in [-0.25, -0.2) is 0 Å². The highest BCUT2D eigenvalue weighted by atomic mass is 28.4. The van der Waals surface area contributed by atoms with Crippen LogP contribution in [0.1, 0.15) is 59.8 Å². The SMILES string of the molecule is CCCCCCCOCCOCCOCCO[Si](C)(C)C(C)(C)C. The van der Waals surface area contributed by atoms with Gasteiger partial charge in [-0.3, -0.25) is 0 Å². The Morgan fingerprint density at radius 1 is 0.625 bits per heavy atom. The van der Waals surface area contributed by atoms with Crippen LogP contribution in [0.5, 0.6) is 0 Å². The van der Waals surface area contributed by atoms with Gasteiger partial charge in [0.2, 0.25) is 0 Å². The quantitative estimate of drug-likeness (QED) is 0.285. The summed E-state index contributed by atoms with van der Waals surface area (Å²) in [6.07, 6.45) is 6.40. The molecule has 24 heavy (non-hydrogen) atoms. The molecule has 0 unspecified atom stereocenters. The average Bonchev–Trinajstić information content (AvgIpc) is 2.50. The van der Waals surface area contributed by atoms with Gasteiger partial charge in [0.05, 0.1) is 39.6 Å². The van der Waals surface area contributed by atoms with Gasteiger partial charge in [0, 0.05) is 6.61 Å². The highest BCUT2D eigenvalue weighted by Crippen LogP contribution is 2.36. The predicted octanol–water partition coefficient (Wildman–Crippen LogP) is 5.03. The number of rotatable bonds is 16. The fourth-order valence-electron chi connectivity index (χ4n) is 1.92. The van der Waals surface area contributed by atoms with Crippen molar-refractivity contribution in [3.05, 3.63) is 0 Å². The standard InChI is InChI=1S/C19H42O4Si/c1-7-8-9-10-11-12-20-13-14-21-15-16-22-17-18-23-24(5,6)19(2,3)4/h7-18H2,1-6H3. The molecule has 0 aliphatic rings. The Morgan fingerprint density at radius 2 is 1.08 bits per heavy atom. The summed E-state index contributed by atoms with van der Waals surface area (Å²) in [4.78, 5) is 0. The van der Waals surface area contributed by atoms with Crippen LogP contribution in [0.4, 0.5) is 0 Å². The molecular weight excluding hydrogens is 320 g/mol. The van der Waals surface area contributed by atoms with Crippen molar-refractivity contribution in [2.45, 2.75) is 77.9 Å². The third-order valence-corrected chi connectivity index (χ3v) is 9.17. The Hall–Kier alpha value is 0.0569. The number of hydrogen-bond donors (Lipinski definition) is 0. The fourth-order valence-corrected chi connectivity index (χ4v) is 2.95. The van der Waals surface area contributed by atoms with Crippen LogP contribution in [0, 0.1) is 0 Å². The van der Waals surface area contributed by atoms with Crippen molar-refractivity contribution in [2.24, 2.45) is 0 Å². The first-order valence-corrected chi connectivity index (χ1v) is 12.6. The second kappa shape index (κ2) is 14.2.